The summed E-state index contributed by atoms with van der Waals surface area (Å²) >= 11 is 0. The van der Waals surface area contributed by atoms with Crippen LogP contribution in [0, 0.1) is 0 Å². The van der Waals surface area contributed by atoms with Gasteiger partial charge in [0.1, 0.15) is 5.82 Å². The monoisotopic (exact) mass is 313 g/mol. The molecular weight excluding hydrogens is 286 g/mol. The molecule has 0 saturated heterocycles. The largest absolute Gasteiger partial charge is 0.349 e. The number of hydrogen-bond acceptors (Lipinski definition) is 2. The van der Waals surface area contributed by atoms with Gasteiger partial charge < -0.3 is 14.8 Å². The predicted molar refractivity (Wildman–Crippen MR) is 95.5 cm³/mol. The van der Waals surface area contributed by atoms with E-state index in [-0.39, 0.29) is 0 Å². The van der Waals surface area contributed by atoms with Crippen LogP contribution in [0.15, 0.2) is 47.7 Å². The van der Waals surface area contributed by atoms with Crippen molar-refractivity contribution >= 4 is 5.96 Å². The van der Waals surface area contributed by atoms with Crippen LogP contribution in [0.4, 0.5) is 0 Å². The van der Waals surface area contributed by atoms with Crippen molar-refractivity contribution in [1.29, 1.82) is 0 Å². The van der Waals surface area contributed by atoms with Gasteiger partial charge in [0.15, 0.2) is 5.96 Å². The van der Waals surface area contributed by atoms with Gasteiger partial charge in [-0.3, -0.25) is 4.99 Å². The Labute approximate surface area is 139 Å². The van der Waals surface area contributed by atoms with Crippen LogP contribution < -0.4 is 5.32 Å². The molecule has 1 aromatic heterocycles. The molecule has 1 heterocycles. The molecule has 0 unspecified atom stereocenters. The second-order valence-electron chi connectivity index (χ2n) is 5.63. The third-order valence-electron chi connectivity index (χ3n) is 3.82. The topological polar surface area (TPSA) is 45.4 Å². The molecule has 0 aliphatic heterocycles. The third kappa shape index (κ3) is 5.13. The third-order valence-corrected chi connectivity index (χ3v) is 3.82. The fourth-order valence-electron chi connectivity index (χ4n) is 2.48. The van der Waals surface area contributed by atoms with Crippen LogP contribution in [-0.2, 0) is 13.1 Å². The van der Waals surface area contributed by atoms with Crippen molar-refractivity contribution in [2.24, 2.45) is 4.99 Å². The maximum Gasteiger partial charge on any atom is 0.193 e. The molecule has 1 N–H and O–H groups in total. The second kappa shape index (κ2) is 8.98. The van der Waals surface area contributed by atoms with Gasteiger partial charge >= 0.3 is 0 Å². The van der Waals surface area contributed by atoms with Crippen molar-refractivity contribution in [2.75, 3.05) is 20.6 Å². The number of aromatic nitrogens is 2. The van der Waals surface area contributed by atoms with E-state index in [1.54, 1.807) is 0 Å². The van der Waals surface area contributed by atoms with Crippen molar-refractivity contribution in [3.05, 3.63) is 54.1 Å². The zero-order valence-corrected chi connectivity index (χ0v) is 14.4. The Kier molecular flexibility index (Phi) is 6.66. The number of nitrogens with zero attached hydrogens (tertiary/aromatic N) is 4. The van der Waals surface area contributed by atoms with Gasteiger partial charge in [-0.05, 0) is 12.0 Å². The van der Waals surface area contributed by atoms with E-state index in [2.05, 4.69) is 63.0 Å². The summed E-state index contributed by atoms with van der Waals surface area (Å²) in [5.74, 6) is 1.92. The van der Waals surface area contributed by atoms with E-state index in [1.807, 2.05) is 25.5 Å². The second-order valence-corrected chi connectivity index (χ2v) is 5.63. The summed E-state index contributed by atoms with van der Waals surface area (Å²) in [6, 6.07) is 10.4. The molecule has 124 valence electrons. The van der Waals surface area contributed by atoms with Gasteiger partial charge in [0.05, 0.1) is 6.54 Å². The molecule has 0 spiro atoms. The highest BCUT2D eigenvalue weighted by atomic mass is 15.3. The Morgan fingerprint density at radius 1 is 1.30 bits per heavy atom. The molecule has 2 aromatic rings. The smallest absolute Gasteiger partial charge is 0.193 e. The van der Waals surface area contributed by atoms with Crippen LogP contribution in [0.5, 0.6) is 0 Å². The summed E-state index contributed by atoms with van der Waals surface area (Å²) in [6.45, 7) is 4.71. The lowest BCUT2D eigenvalue weighted by Gasteiger charge is -2.21. The lowest BCUT2D eigenvalue weighted by Crippen LogP contribution is -2.39. The number of rotatable bonds is 7. The number of hydrogen-bond donors (Lipinski definition) is 1. The molecule has 0 saturated carbocycles. The Balaban J connectivity index is 1.94. The van der Waals surface area contributed by atoms with Gasteiger partial charge in [-0.1, -0.05) is 43.7 Å². The van der Waals surface area contributed by atoms with Gasteiger partial charge in [0.25, 0.3) is 0 Å². The molecule has 2 rings (SSSR count). The molecule has 1 aromatic carbocycles. The molecule has 0 radical (unpaired) electrons. The first-order chi connectivity index (χ1) is 11.2. The molecular formula is C18H27N5. The van der Waals surface area contributed by atoms with Crippen LogP contribution >= 0.6 is 0 Å². The molecule has 0 aliphatic carbocycles. The average molecular weight is 313 g/mol. The van der Waals surface area contributed by atoms with Crippen molar-refractivity contribution in [2.45, 2.75) is 32.9 Å². The highest BCUT2D eigenvalue weighted by Crippen LogP contribution is 2.05. The van der Waals surface area contributed by atoms with E-state index >= 15 is 0 Å². The molecule has 5 heteroatoms. The maximum atomic E-state index is 4.47. The summed E-state index contributed by atoms with van der Waals surface area (Å²) < 4.78 is 2.17. The summed E-state index contributed by atoms with van der Waals surface area (Å²) in [6.07, 6.45) is 6.22. The normalized spacial score (nSPS) is 11.5. The van der Waals surface area contributed by atoms with Crippen LogP contribution in [0.1, 0.15) is 31.2 Å². The fraction of sp³-hybridized carbons (Fsp3) is 0.444. The van der Waals surface area contributed by atoms with Gasteiger partial charge in [0.2, 0.25) is 0 Å². The molecule has 5 nitrogen and oxygen atoms in total. The molecule has 0 fully saturated rings. The molecule has 0 atom stereocenters. The Morgan fingerprint density at radius 2 is 2.09 bits per heavy atom. The summed E-state index contributed by atoms with van der Waals surface area (Å²) in [5, 5.41) is 3.40. The summed E-state index contributed by atoms with van der Waals surface area (Å²) in [5.41, 5.74) is 1.27. The van der Waals surface area contributed by atoms with Crippen molar-refractivity contribution in [3.8, 4) is 0 Å². The van der Waals surface area contributed by atoms with E-state index in [0.717, 1.165) is 24.9 Å². The standard InChI is InChI=1S/C18H27N5/c1-4-5-12-22(3)18(19-2)21-14-17-20-11-13-23(17)15-16-9-7-6-8-10-16/h6-11,13H,4-5,12,14-15H2,1-3H3,(H,19,21). The van der Waals surface area contributed by atoms with Crippen LogP contribution in [0.3, 0.4) is 0 Å². The molecule has 0 aliphatic rings. The van der Waals surface area contributed by atoms with E-state index in [0.29, 0.717) is 6.54 Å². The van der Waals surface area contributed by atoms with Crippen LogP contribution in [-0.4, -0.2) is 41.1 Å². The maximum absolute atomic E-state index is 4.47. The number of unbranched alkanes of at least 4 members (excludes halogenated alkanes) is 1. The highest BCUT2D eigenvalue weighted by Gasteiger charge is 2.08. The molecule has 0 bridgehead atoms. The lowest BCUT2D eigenvalue weighted by molar-refractivity contribution is 0.462. The summed E-state index contributed by atoms with van der Waals surface area (Å²) in [4.78, 5) is 11.0. The van der Waals surface area contributed by atoms with Gasteiger partial charge in [-0.2, -0.15) is 0 Å². The van der Waals surface area contributed by atoms with Crippen LogP contribution in [0.2, 0.25) is 0 Å². The quantitative estimate of drug-likeness (QED) is 0.631. The number of aliphatic imine (C=N–C) groups is 1. The number of benzene rings is 1. The predicted octanol–water partition coefficient (Wildman–Crippen LogP) is 2.74. The first-order valence-corrected chi connectivity index (χ1v) is 8.20. The Morgan fingerprint density at radius 3 is 2.78 bits per heavy atom. The Bertz CT molecular complexity index is 603. The molecule has 23 heavy (non-hydrogen) atoms. The van der Waals surface area contributed by atoms with Crippen molar-refractivity contribution in [3.63, 3.8) is 0 Å². The van der Waals surface area contributed by atoms with E-state index in [4.69, 9.17) is 0 Å². The average Bonchev–Trinajstić information content (AvgIpc) is 3.01. The van der Waals surface area contributed by atoms with Gasteiger partial charge in [-0.15, -0.1) is 0 Å². The van der Waals surface area contributed by atoms with Crippen molar-refractivity contribution < 1.29 is 0 Å². The fourth-order valence-corrected chi connectivity index (χ4v) is 2.48. The summed E-state index contributed by atoms with van der Waals surface area (Å²) in [7, 11) is 3.89. The highest BCUT2D eigenvalue weighted by molar-refractivity contribution is 5.79. The SMILES string of the molecule is CCCCN(C)C(=NC)NCc1nccn1Cc1ccccc1. The number of nitrogens with one attached hydrogen (secondary N) is 1. The van der Waals surface area contributed by atoms with Gasteiger partial charge in [0, 0.05) is 39.6 Å². The lowest BCUT2D eigenvalue weighted by atomic mass is 10.2. The van der Waals surface area contributed by atoms with Crippen LogP contribution in [0.25, 0.3) is 0 Å². The Hall–Kier alpha value is -2.30. The number of imidazole rings is 1. The zero-order valence-electron chi connectivity index (χ0n) is 14.4. The van der Waals surface area contributed by atoms with E-state index in [1.165, 1.54) is 18.4 Å². The first-order valence-electron chi connectivity index (χ1n) is 8.20. The van der Waals surface area contributed by atoms with Gasteiger partial charge in [-0.25, -0.2) is 4.98 Å². The first kappa shape index (κ1) is 17.1. The van der Waals surface area contributed by atoms with E-state index in [9.17, 15) is 0 Å². The number of guanidine groups is 1. The minimum absolute atomic E-state index is 0.670. The minimum atomic E-state index is 0.670. The molecule has 0 amide bonds. The minimum Gasteiger partial charge on any atom is -0.349 e. The van der Waals surface area contributed by atoms with E-state index < -0.39 is 0 Å². The zero-order chi connectivity index (χ0) is 16.5. The van der Waals surface area contributed by atoms with Crippen molar-refractivity contribution in [1.82, 2.24) is 19.8 Å².